The van der Waals surface area contributed by atoms with E-state index in [0.717, 1.165) is 31.7 Å². The van der Waals surface area contributed by atoms with Crippen molar-refractivity contribution in [2.45, 2.75) is 50.5 Å². The molecule has 0 radical (unpaired) electrons. The van der Waals surface area contributed by atoms with Crippen LogP contribution in [0.2, 0.25) is 0 Å². The molecular weight excluding hydrogens is 279 g/mol. The van der Waals surface area contributed by atoms with Gasteiger partial charge in [0.1, 0.15) is 10.7 Å². The fourth-order valence-electron chi connectivity index (χ4n) is 2.74. The van der Waals surface area contributed by atoms with Crippen LogP contribution in [-0.4, -0.2) is 14.5 Å². The Balaban J connectivity index is 2.24. The van der Waals surface area contributed by atoms with Crippen molar-refractivity contribution >= 4 is 15.7 Å². The third-order valence-corrected chi connectivity index (χ3v) is 5.63. The lowest BCUT2D eigenvalue weighted by Gasteiger charge is -2.20. The number of hydrogen-bond acceptors (Lipinski definition) is 3. The van der Waals surface area contributed by atoms with Gasteiger partial charge in [-0.25, -0.2) is 17.5 Å². The van der Waals surface area contributed by atoms with Crippen molar-refractivity contribution in [2.24, 2.45) is 5.92 Å². The Labute approximate surface area is 119 Å². The summed E-state index contributed by atoms with van der Waals surface area (Å²) in [4.78, 5) is -0.370. The molecule has 1 fully saturated rings. The van der Waals surface area contributed by atoms with Gasteiger partial charge in [-0.3, -0.25) is 0 Å². The average Bonchev–Trinajstić information content (AvgIpc) is 2.86. The summed E-state index contributed by atoms with van der Waals surface area (Å²) < 4.78 is 41.0. The second kappa shape index (κ2) is 5.69. The third kappa shape index (κ3) is 3.12. The Morgan fingerprint density at radius 2 is 1.95 bits per heavy atom. The molecule has 0 spiro atoms. The van der Waals surface area contributed by atoms with E-state index in [-0.39, 0.29) is 16.6 Å². The van der Waals surface area contributed by atoms with Gasteiger partial charge in [0.2, 0.25) is 10.0 Å². The van der Waals surface area contributed by atoms with Crippen LogP contribution in [0.25, 0.3) is 0 Å². The molecule has 0 bridgehead atoms. The van der Waals surface area contributed by atoms with E-state index in [1.165, 1.54) is 6.07 Å². The normalized spacial score (nSPS) is 18.4. The number of nitrogens with two attached hydrogens (primary N) is 1. The number of halogens is 1. The molecule has 3 N–H and O–H groups in total. The van der Waals surface area contributed by atoms with Crippen LogP contribution in [0.5, 0.6) is 0 Å². The Bertz CT molecular complexity index is 595. The fraction of sp³-hybridized carbons (Fsp3) is 0.571. The van der Waals surface area contributed by atoms with Crippen LogP contribution in [0.1, 0.15) is 38.2 Å². The molecule has 6 heteroatoms. The molecule has 0 aliphatic heterocycles. The topological polar surface area (TPSA) is 72.2 Å². The Morgan fingerprint density at radius 3 is 2.55 bits per heavy atom. The minimum absolute atomic E-state index is 0.190. The molecule has 1 saturated carbocycles. The summed E-state index contributed by atoms with van der Waals surface area (Å²) in [6.45, 7) is 3.48. The lowest BCUT2D eigenvalue weighted by atomic mass is 10.0. The maximum absolute atomic E-state index is 13.9. The molecule has 1 aliphatic carbocycles. The van der Waals surface area contributed by atoms with Crippen LogP contribution in [0, 0.1) is 18.7 Å². The molecule has 112 valence electrons. The molecule has 1 aromatic rings. The largest absolute Gasteiger partial charge is 0.398 e. The quantitative estimate of drug-likeness (QED) is 0.839. The van der Waals surface area contributed by atoms with E-state index in [2.05, 4.69) is 4.72 Å². The first kappa shape index (κ1) is 15.3. The molecule has 0 aromatic heterocycles. The van der Waals surface area contributed by atoms with Crippen molar-refractivity contribution < 1.29 is 12.8 Å². The Morgan fingerprint density at radius 1 is 1.35 bits per heavy atom. The second-order valence-electron chi connectivity index (χ2n) is 5.59. The van der Waals surface area contributed by atoms with E-state index >= 15 is 0 Å². The van der Waals surface area contributed by atoms with Crippen molar-refractivity contribution in [3.8, 4) is 0 Å². The Kier molecular flexibility index (Phi) is 4.34. The van der Waals surface area contributed by atoms with Crippen LogP contribution in [0.4, 0.5) is 10.1 Å². The first-order chi connectivity index (χ1) is 9.31. The smallest absolute Gasteiger partial charge is 0.243 e. The maximum Gasteiger partial charge on any atom is 0.243 e. The van der Waals surface area contributed by atoms with Crippen molar-refractivity contribution in [1.29, 1.82) is 0 Å². The summed E-state index contributed by atoms with van der Waals surface area (Å²) in [7, 11) is -3.87. The van der Waals surface area contributed by atoms with Gasteiger partial charge in [-0.05, 0) is 50.3 Å². The molecule has 0 saturated heterocycles. The highest BCUT2D eigenvalue weighted by Gasteiger charge is 2.28. The molecule has 1 atom stereocenters. The minimum atomic E-state index is -3.87. The van der Waals surface area contributed by atoms with Gasteiger partial charge in [0.05, 0.1) is 0 Å². The van der Waals surface area contributed by atoms with Gasteiger partial charge >= 0.3 is 0 Å². The van der Waals surface area contributed by atoms with Crippen LogP contribution in [0.15, 0.2) is 17.0 Å². The zero-order chi connectivity index (χ0) is 14.9. The number of benzene rings is 1. The number of anilines is 1. The fourth-order valence-corrected chi connectivity index (χ4v) is 4.14. The minimum Gasteiger partial charge on any atom is -0.398 e. The predicted octanol–water partition coefficient (Wildman–Crippen LogP) is 2.57. The summed E-state index contributed by atoms with van der Waals surface area (Å²) in [5.41, 5.74) is 6.49. The van der Waals surface area contributed by atoms with Gasteiger partial charge < -0.3 is 5.73 Å². The number of hydrogen-bond donors (Lipinski definition) is 2. The first-order valence-corrected chi connectivity index (χ1v) is 8.37. The van der Waals surface area contributed by atoms with E-state index in [9.17, 15) is 12.8 Å². The monoisotopic (exact) mass is 300 g/mol. The van der Waals surface area contributed by atoms with E-state index < -0.39 is 15.8 Å². The predicted molar refractivity (Wildman–Crippen MR) is 77.3 cm³/mol. The van der Waals surface area contributed by atoms with Crippen LogP contribution in [0.3, 0.4) is 0 Å². The molecule has 20 heavy (non-hydrogen) atoms. The maximum atomic E-state index is 13.9. The molecule has 4 nitrogen and oxygen atoms in total. The van der Waals surface area contributed by atoms with Crippen LogP contribution in [-0.2, 0) is 10.0 Å². The number of nitrogen functional groups attached to an aromatic ring is 1. The zero-order valence-electron chi connectivity index (χ0n) is 11.8. The lowest BCUT2D eigenvalue weighted by Crippen LogP contribution is -2.37. The van der Waals surface area contributed by atoms with Crippen LogP contribution >= 0.6 is 0 Å². The summed E-state index contributed by atoms with van der Waals surface area (Å²) in [5, 5.41) is 0. The second-order valence-corrected chi connectivity index (χ2v) is 7.28. The molecule has 1 aromatic carbocycles. The highest BCUT2D eigenvalue weighted by atomic mass is 32.2. The molecule has 0 heterocycles. The number of rotatable bonds is 4. The highest BCUT2D eigenvalue weighted by Crippen LogP contribution is 2.29. The van der Waals surface area contributed by atoms with Gasteiger partial charge in [-0.15, -0.1) is 0 Å². The number of sulfonamides is 1. The summed E-state index contributed by atoms with van der Waals surface area (Å²) >= 11 is 0. The summed E-state index contributed by atoms with van der Waals surface area (Å²) in [6, 6.07) is 2.16. The zero-order valence-corrected chi connectivity index (χ0v) is 12.6. The molecule has 1 unspecified atom stereocenters. The lowest BCUT2D eigenvalue weighted by molar-refractivity contribution is 0.423. The number of aryl methyl sites for hydroxylation is 1. The SMILES string of the molecule is Cc1cc(F)c(S(=O)(=O)NC(C)C2CCCC2)cc1N. The van der Waals surface area contributed by atoms with Gasteiger partial charge in [-0.2, -0.15) is 0 Å². The van der Waals surface area contributed by atoms with E-state index in [1.807, 2.05) is 6.92 Å². The first-order valence-electron chi connectivity index (χ1n) is 6.89. The van der Waals surface area contributed by atoms with Crippen molar-refractivity contribution in [3.63, 3.8) is 0 Å². The summed E-state index contributed by atoms with van der Waals surface area (Å²) in [6.07, 6.45) is 4.29. The Hall–Kier alpha value is -1.14. The van der Waals surface area contributed by atoms with Gasteiger partial charge in [-0.1, -0.05) is 12.8 Å². The van der Waals surface area contributed by atoms with Crippen LogP contribution < -0.4 is 10.5 Å². The van der Waals surface area contributed by atoms with Crippen molar-refractivity contribution in [2.75, 3.05) is 5.73 Å². The van der Waals surface area contributed by atoms with Gasteiger partial charge in [0.25, 0.3) is 0 Å². The molecular formula is C14H21FN2O2S. The van der Waals surface area contributed by atoms with E-state index in [1.54, 1.807) is 6.92 Å². The average molecular weight is 300 g/mol. The molecule has 0 amide bonds. The summed E-state index contributed by atoms with van der Waals surface area (Å²) in [5.74, 6) is -0.432. The third-order valence-electron chi connectivity index (χ3n) is 4.06. The van der Waals surface area contributed by atoms with Crippen molar-refractivity contribution in [3.05, 3.63) is 23.5 Å². The van der Waals surface area contributed by atoms with Crippen molar-refractivity contribution in [1.82, 2.24) is 4.72 Å². The van der Waals surface area contributed by atoms with E-state index in [0.29, 0.717) is 11.5 Å². The number of nitrogens with one attached hydrogen (secondary N) is 1. The van der Waals surface area contributed by atoms with E-state index in [4.69, 9.17) is 5.73 Å². The highest BCUT2D eigenvalue weighted by molar-refractivity contribution is 7.89. The van der Waals surface area contributed by atoms with Gasteiger partial charge in [0, 0.05) is 11.7 Å². The van der Waals surface area contributed by atoms with Gasteiger partial charge in [0.15, 0.2) is 0 Å². The molecule has 2 rings (SSSR count). The standard InChI is InChI=1S/C14H21FN2O2S/c1-9-7-12(15)14(8-13(9)16)20(18,19)17-10(2)11-5-3-4-6-11/h7-8,10-11,17H,3-6,16H2,1-2H3. The molecule has 1 aliphatic rings.